The van der Waals surface area contributed by atoms with Gasteiger partial charge in [-0.05, 0) is 60.9 Å². The minimum absolute atomic E-state index is 0.0149. The number of benzene rings is 1. The molecule has 1 aliphatic heterocycles. The van der Waals surface area contributed by atoms with Gasteiger partial charge in [0.05, 0.1) is 23.2 Å². The Morgan fingerprint density at radius 1 is 1.07 bits per heavy atom. The number of amides is 2. The number of halogens is 4. The third kappa shape index (κ3) is 6.07. The zero-order valence-corrected chi connectivity index (χ0v) is 22.3. The van der Waals surface area contributed by atoms with E-state index in [2.05, 4.69) is 35.5 Å². The molecule has 3 N–H and O–H groups in total. The Morgan fingerprint density at radius 3 is 2.49 bits per heavy atom. The molecular formula is C27H30F4N6O4. The van der Waals surface area contributed by atoms with Gasteiger partial charge in [-0.3, -0.25) is 9.59 Å². The Hall–Kier alpha value is -3.55. The summed E-state index contributed by atoms with van der Waals surface area (Å²) in [6.07, 6.45) is 0.223. The van der Waals surface area contributed by atoms with Crippen LogP contribution in [0.15, 0.2) is 22.8 Å². The third-order valence-electron chi connectivity index (χ3n) is 8.07. The van der Waals surface area contributed by atoms with Gasteiger partial charge in [-0.15, -0.1) is 0 Å². The van der Waals surface area contributed by atoms with Gasteiger partial charge in [0.15, 0.2) is 5.69 Å². The number of aromatic nitrogens is 4. The molecule has 1 aromatic carbocycles. The van der Waals surface area contributed by atoms with Crippen LogP contribution in [-0.4, -0.2) is 56.7 Å². The number of carbonyl (C=O) groups excluding carboxylic acids is 2. The standard InChI is InChI=1S/C27H30F4N6O4/c1-13-21(37-41-36-13)25(39)35-23(19-6-7-26(28,29)12-40-19)24-32-17-5-4-16(9-18(17)33-24)22(15-2-3-15)34-20(38)8-14-10-27(30,31)11-14/h4-5,9,14-15,19,22-23H,2-3,6-8,10-12H2,1H3,(H,32,33)(H,34,38)(H,35,39)/t19-,22+,23-/m0/s1. The van der Waals surface area contributed by atoms with Crippen LogP contribution in [0.2, 0.25) is 0 Å². The Labute approximate surface area is 231 Å². The Kier molecular flexibility index (Phi) is 6.99. The highest BCUT2D eigenvalue weighted by molar-refractivity contribution is 5.93. The first-order chi connectivity index (χ1) is 19.5. The maximum atomic E-state index is 13.8. The highest BCUT2D eigenvalue weighted by Crippen LogP contribution is 2.45. The molecule has 14 heteroatoms. The van der Waals surface area contributed by atoms with Crippen LogP contribution in [0.4, 0.5) is 17.6 Å². The second-order valence-corrected chi connectivity index (χ2v) is 11.5. The van der Waals surface area contributed by atoms with Gasteiger partial charge in [-0.2, -0.15) is 0 Å². The first-order valence-electron chi connectivity index (χ1n) is 13.7. The zero-order chi connectivity index (χ0) is 28.9. The summed E-state index contributed by atoms with van der Waals surface area (Å²) in [5.41, 5.74) is 2.26. The van der Waals surface area contributed by atoms with Crippen molar-refractivity contribution < 1.29 is 36.5 Å². The normalized spacial score (nSPS) is 23.5. The Bertz CT molecular complexity index is 1440. The van der Waals surface area contributed by atoms with Gasteiger partial charge in [0.2, 0.25) is 11.8 Å². The highest BCUT2D eigenvalue weighted by atomic mass is 19.3. The van der Waals surface area contributed by atoms with Gasteiger partial charge in [-0.25, -0.2) is 27.2 Å². The average Bonchev–Trinajstić information content (AvgIpc) is 3.50. The fourth-order valence-corrected chi connectivity index (χ4v) is 5.70. The molecule has 3 heterocycles. The number of fused-ring (bicyclic) bond motifs is 1. The van der Waals surface area contributed by atoms with E-state index in [-0.39, 0.29) is 60.9 Å². The summed E-state index contributed by atoms with van der Waals surface area (Å²) in [7, 11) is 0. The highest BCUT2D eigenvalue weighted by Gasteiger charge is 2.46. The molecule has 1 saturated heterocycles. The number of nitrogens with one attached hydrogen (secondary N) is 3. The number of aryl methyl sites for hydroxylation is 1. The van der Waals surface area contributed by atoms with Crippen molar-refractivity contribution in [1.82, 2.24) is 30.9 Å². The summed E-state index contributed by atoms with van der Waals surface area (Å²) in [6, 6.07) is 4.31. The maximum absolute atomic E-state index is 13.8. The summed E-state index contributed by atoms with van der Waals surface area (Å²) >= 11 is 0. The summed E-state index contributed by atoms with van der Waals surface area (Å²) in [5.74, 6) is -6.25. The van der Waals surface area contributed by atoms with Gasteiger partial charge >= 0.3 is 0 Å². The second kappa shape index (κ2) is 10.4. The molecule has 6 rings (SSSR count). The number of ether oxygens (including phenoxy) is 1. The van der Waals surface area contributed by atoms with Crippen molar-refractivity contribution in [3.05, 3.63) is 41.0 Å². The minimum Gasteiger partial charge on any atom is -0.369 e. The molecule has 0 bridgehead atoms. The van der Waals surface area contributed by atoms with Crippen molar-refractivity contribution in [1.29, 1.82) is 0 Å². The molecule has 0 radical (unpaired) electrons. The largest absolute Gasteiger partial charge is 0.369 e. The summed E-state index contributed by atoms with van der Waals surface area (Å²) in [6.45, 7) is 0.775. The molecule has 3 fully saturated rings. The first kappa shape index (κ1) is 27.6. The van der Waals surface area contributed by atoms with E-state index in [0.717, 1.165) is 18.4 Å². The van der Waals surface area contributed by atoms with Gasteiger partial charge < -0.3 is 20.4 Å². The van der Waals surface area contributed by atoms with Crippen molar-refractivity contribution in [3.8, 4) is 0 Å². The third-order valence-corrected chi connectivity index (χ3v) is 8.07. The van der Waals surface area contributed by atoms with E-state index in [1.807, 2.05) is 12.1 Å². The van der Waals surface area contributed by atoms with Gasteiger partial charge in [-0.1, -0.05) is 11.2 Å². The number of alkyl halides is 4. The van der Waals surface area contributed by atoms with E-state index in [4.69, 9.17) is 4.74 Å². The summed E-state index contributed by atoms with van der Waals surface area (Å²) < 4.78 is 64.2. The van der Waals surface area contributed by atoms with Crippen molar-refractivity contribution in [2.75, 3.05) is 6.61 Å². The summed E-state index contributed by atoms with van der Waals surface area (Å²) in [4.78, 5) is 33.5. The second-order valence-electron chi connectivity index (χ2n) is 11.5. The van der Waals surface area contributed by atoms with Crippen LogP contribution in [-0.2, 0) is 9.53 Å². The van der Waals surface area contributed by atoms with Crippen molar-refractivity contribution >= 4 is 22.8 Å². The van der Waals surface area contributed by atoms with Crippen LogP contribution in [0.25, 0.3) is 11.0 Å². The Balaban J connectivity index is 1.23. The van der Waals surface area contributed by atoms with Crippen molar-refractivity contribution in [2.45, 2.75) is 81.9 Å². The van der Waals surface area contributed by atoms with E-state index in [1.165, 1.54) is 0 Å². The number of hydrogen-bond acceptors (Lipinski definition) is 7. The monoisotopic (exact) mass is 578 g/mol. The van der Waals surface area contributed by atoms with Crippen LogP contribution >= 0.6 is 0 Å². The van der Waals surface area contributed by atoms with Gasteiger partial charge in [0.1, 0.15) is 24.2 Å². The average molecular weight is 579 g/mol. The summed E-state index contributed by atoms with van der Waals surface area (Å²) in [5, 5.41) is 13.1. The van der Waals surface area contributed by atoms with E-state index < -0.39 is 42.9 Å². The van der Waals surface area contributed by atoms with Crippen LogP contribution in [0.3, 0.4) is 0 Å². The number of hydrogen-bond donors (Lipinski definition) is 3. The molecular weight excluding hydrogens is 548 g/mol. The minimum atomic E-state index is -2.96. The molecule has 41 heavy (non-hydrogen) atoms. The topological polar surface area (TPSA) is 135 Å². The predicted molar refractivity (Wildman–Crippen MR) is 135 cm³/mol. The smallest absolute Gasteiger partial charge is 0.276 e. The van der Waals surface area contributed by atoms with Crippen molar-refractivity contribution in [3.63, 3.8) is 0 Å². The quantitative estimate of drug-likeness (QED) is 0.317. The number of rotatable bonds is 9. The molecule has 0 spiro atoms. The van der Waals surface area contributed by atoms with E-state index in [0.29, 0.717) is 16.9 Å². The molecule has 3 atom stereocenters. The number of imidazole rings is 1. The number of aromatic amines is 1. The van der Waals surface area contributed by atoms with Gasteiger partial charge in [0.25, 0.3) is 11.8 Å². The fraction of sp³-hybridized carbons (Fsp3) is 0.593. The van der Waals surface area contributed by atoms with Gasteiger partial charge in [0, 0.05) is 25.7 Å². The van der Waals surface area contributed by atoms with Crippen LogP contribution < -0.4 is 10.6 Å². The fourth-order valence-electron chi connectivity index (χ4n) is 5.70. The molecule has 2 amide bonds. The number of H-pyrrole nitrogens is 1. The number of nitrogens with zero attached hydrogens (tertiary/aromatic N) is 3. The van der Waals surface area contributed by atoms with Crippen LogP contribution in [0, 0.1) is 18.8 Å². The lowest BCUT2D eigenvalue weighted by Gasteiger charge is -2.34. The molecule has 3 aliphatic rings. The maximum Gasteiger partial charge on any atom is 0.276 e. The molecule has 10 nitrogen and oxygen atoms in total. The molecule has 2 saturated carbocycles. The SMILES string of the molecule is Cc1nonc1C(=O)N[C@H](c1nc2ccc([C@H](NC(=O)CC3CC(F)(F)C3)C3CC3)cc2[nH]1)[C@@H]1CCC(F)(F)CO1. The molecule has 0 unspecified atom stereocenters. The lowest BCUT2D eigenvalue weighted by molar-refractivity contribution is -0.151. The van der Waals surface area contributed by atoms with Crippen molar-refractivity contribution in [2.24, 2.45) is 11.8 Å². The number of carbonyl (C=O) groups is 2. The lowest BCUT2D eigenvalue weighted by Crippen LogP contribution is -2.44. The zero-order valence-electron chi connectivity index (χ0n) is 22.3. The first-order valence-corrected chi connectivity index (χ1v) is 13.7. The molecule has 2 aliphatic carbocycles. The lowest BCUT2D eigenvalue weighted by atomic mass is 9.79. The van der Waals surface area contributed by atoms with E-state index in [1.54, 1.807) is 13.0 Å². The van der Waals surface area contributed by atoms with Crippen LogP contribution in [0.1, 0.15) is 84.6 Å². The van der Waals surface area contributed by atoms with E-state index >= 15 is 0 Å². The Morgan fingerprint density at radius 2 is 1.85 bits per heavy atom. The predicted octanol–water partition coefficient (Wildman–Crippen LogP) is 4.54. The molecule has 3 aromatic rings. The molecule has 2 aromatic heterocycles. The molecule has 220 valence electrons. The van der Waals surface area contributed by atoms with Crippen LogP contribution in [0.5, 0.6) is 0 Å². The van der Waals surface area contributed by atoms with E-state index in [9.17, 15) is 27.2 Å².